The molecule has 4 aromatic rings. The summed E-state index contributed by atoms with van der Waals surface area (Å²) in [5.74, 6) is -0.570. The Bertz CT molecular complexity index is 1360. The Morgan fingerprint density at radius 2 is 1.84 bits per heavy atom. The second-order valence-electron chi connectivity index (χ2n) is 7.29. The molecule has 2 aromatic carbocycles. The van der Waals surface area contributed by atoms with Crippen molar-refractivity contribution in [1.82, 2.24) is 9.55 Å². The first-order chi connectivity index (χ1) is 14.8. The number of pyridine rings is 1. The van der Waals surface area contributed by atoms with E-state index >= 15 is 0 Å². The zero-order chi connectivity index (χ0) is 22.0. The van der Waals surface area contributed by atoms with Crippen LogP contribution >= 0.6 is 0 Å². The van der Waals surface area contributed by atoms with E-state index in [9.17, 15) is 17.6 Å². The van der Waals surface area contributed by atoms with Gasteiger partial charge < -0.3 is 9.88 Å². The second-order valence-corrected chi connectivity index (χ2v) is 9.25. The van der Waals surface area contributed by atoms with Gasteiger partial charge in [-0.25, -0.2) is 17.8 Å². The maximum atomic E-state index is 13.2. The predicted molar refractivity (Wildman–Crippen MR) is 117 cm³/mol. The van der Waals surface area contributed by atoms with Crippen LogP contribution in [0.1, 0.15) is 11.1 Å². The molecule has 2 aromatic heterocycles. The molecule has 8 heteroatoms. The molecule has 2 heterocycles. The van der Waals surface area contributed by atoms with Crippen molar-refractivity contribution in [2.75, 3.05) is 5.32 Å². The zero-order valence-electron chi connectivity index (χ0n) is 16.7. The molecule has 1 N–H and O–H groups in total. The zero-order valence-corrected chi connectivity index (χ0v) is 17.6. The highest BCUT2D eigenvalue weighted by Gasteiger charge is 2.22. The number of carbonyl (C=O) groups excluding carboxylic acids is 1. The van der Waals surface area contributed by atoms with Crippen molar-refractivity contribution < 1.29 is 17.6 Å². The lowest BCUT2D eigenvalue weighted by atomic mass is 10.2. The van der Waals surface area contributed by atoms with Gasteiger partial charge in [0.2, 0.25) is 5.91 Å². The Morgan fingerprint density at radius 3 is 2.58 bits per heavy atom. The molecular weight excluding hydrogens is 417 g/mol. The lowest BCUT2D eigenvalue weighted by Crippen LogP contribution is -2.19. The van der Waals surface area contributed by atoms with E-state index in [1.165, 1.54) is 30.5 Å². The van der Waals surface area contributed by atoms with Crippen LogP contribution in [0.25, 0.3) is 10.9 Å². The minimum absolute atomic E-state index is 0.0673. The fourth-order valence-electron chi connectivity index (χ4n) is 3.41. The first-order valence-electron chi connectivity index (χ1n) is 9.59. The van der Waals surface area contributed by atoms with Crippen LogP contribution in [0, 0.1) is 12.7 Å². The van der Waals surface area contributed by atoms with Gasteiger partial charge in [-0.05, 0) is 48.4 Å². The summed E-state index contributed by atoms with van der Waals surface area (Å²) >= 11 is 0. The molecule has 0 atom stereocenters. The monoisotopic (exact) mass is 437 g/mol. The van der Waals surface area contributed by atoms with Gasteiger partial charge in [0.25, 0.3) is 0 Å². The number of para-hydroxylation sites is 1. The summed E-state index contributed by atoms with van der Waals surface area (Å²) in [5.41, 5.74) is 2.08. The van der Waals surface area contributed by atoms with Crippen LogP contribution < -0.4 is 5.32 Å². The van der Waals surface area contributed by atoms with Gasteiger partial charge in [-0.15, -0.1) is 0 Å². The third-order valence-electron chi connectivity index (χ3n) is 4.85. The van der Waals surface area contributed by atoms with E-state index in [-0.39, 0.29) is 23.1 Å². The molecule has 0 unspecified atom stereocenters. The van der Waals surface area contributed by atoms with Crippen LogP contribution in [-0.4, -0.2) is 23.9 Å². The third-order valence-corrected chi connectivity index (χ3v) is 6.56. The van der Waals surface area contributed by atoms with Crippen molar-refractivity contribution in [3.63, 3.8) is 0 Å². The molecule has 31 heavy (non-hydrogen) atoms. The number of aromatic nitrogens is 2. The van der Waals surface area contributed by atoms with Crippen molar-refractivity contribution >= 4 is 32.5 Å². The Balaban J connectivity index is 1.64. The lowest BCUT2D eigenvalue weighted by Gasteiger charge is -2.07. The summed E-state index contributed by atoms with van der Waals surface area (Å²) < 4.78 is 41.0. The van der Waals surface area contributed by atoms with Gasteiger partial charge in [0.1, 0.15) is 18.2 Å². The number of rotatable bonds is 6. The highest BCUT2D eigenvalue weighted by atomic mass is 32.2. The minimum atomic E-state index is -3.72. The van der Waals surface area contributed by atoms with Gasteiger partial charge >= 0.3 is 0 Å². The molecule has 0 bridgehead atoms. The number of amides is 1. The number of hydrogen-bond acceptors (Lipinski definition) is 4. The molecule has 1 amide bonds. The van der Waals surface area contributed by atoms with Crippen LogP contribution in [0.2, 0.25) is 0 Å². The largest absolute Gasteiger partial charge is 0.337 e. The maximum Gasteiger partial charge on any atom is 0.245 e. The van der Waals surface area contributed by atoms with Crippen molar-refractivity contribution in [3.05, 3.63) is 90.0 Å². The number of nitrogens with one attached hydrogen (secondary N) is 1. The molecule has 0 aliphatic rings. The van der Waals surface area contributed by atoms with E-state index in [1.807, 2.05) is 13.0 Å². The van der Waals surface area contributed by atoms with Crippen LogP contribution in [0.5, 0.6) is 0 Å². The smallest absolute Gasteiger partial charge is 0.245 e. The second kappa shape index (κ2) is 8.31. The highest BCUT2D eigenvalue weighted by molar-refractivity contribution is 7.90. The molecule has 0 fully saturated rings. The molecular formula is C23H20FN3O3S. The lowest BCUT2D eigenvalue weighted by molar-refractivity contribution is -0.116. The number of hydrogen-bond donors (Lipinski definition) is 1. The number of benzene rings is 2. The molecule has 0 saturated carbocycles. The topological polar surface area (TPSA) is 81.1 Å². The number of nitrogens with zero attached hydrogens (tertiary/aromatic N) is 2. The number of fused-ring (bicyclic) bond motifs is 1. The Labute approximate surface area is 179 Å². The molecule has 4 rings (SSSR count). The average molecular weight is 437 g/mol. The first kappa shape index (κ1) is 20.7. The number of sulfone groups is 1. The quantitative estimate of drug-likeness (QED) is 0.493. The molecule has 0 aliphatic carbocycles. The van der Waals surface area contributed by atoms with Gasteiger partial charge in [0.05, 0.1) is 10.6 Å². The van der Waals surface area contributed by atoms with E-state index < -0.39 is 15.7 Å². The fraction of sp³-hybridized carbons (Fsp3) is 0.130. The minimum Gasteiger partial charge on any atom is -0.337 e. The molecule has 6 nitrogen and oxygen atoms in total. The third kappa shape index (κ3) is 4.64. The summed E-state index contributed by atoms with van der Waals surface area (Å²) in [7, 11) is -3.72. The van der Waals surface area contributed by atoms with Gasteiger partial charge in [0, 0.05) is 23.3 Å². The highest BCUT2D eigenvalue weighted by Crippen LogP contribution is 2.28. The van der Waals surface area contributed by atoms with Gasteiger partial charge in [0.15, 0.2) is 9.84 Å². The van der Waals surface area contributed by atoms with E-state index in [2.05, 4.69) is 10.3 Å². The van der Waals surface area contributed by atoms with Gasteiger partial charge in [-0.3, -0.25) is 4.79 Å². The van der Waals surface area contributed by atoms with Gasteiger partial charge in [-0.1, -0.05) is 30.3 Å². The number of anilines is 1. The maximum absolute atomic E-state index is 13.2. The normalized spacial score (nSPS) is 11.5. The SMILES string of the molecule is Cc1ccnc(NC(=O)Cn2cc(S(=O)(=O)Cc3ccc(F)cc3)c3ccccc32)c1. The van der Waals surface area contributed by atoms with E-state index in [0.717, 1.165) is 5.56 Å². The van der Waals surface area contributed by atoms with Crippen LogP contribution in [-0.2, 0) is 26.9 Å². The van der Waals surface area contributed by atoms with Gasteiger partial charge in [-0.2, -0.15) is 0 Å². The number of carbonyl (C=O) groups is 1. The van der Waals surface area contributed by atoms with E-state index in [4.69, 9.17) is 0 Å². The first-order valence-corrected chi connectivity index (χ1v) is 11.2. The standard InChI is InChI=1S/C23H20FN3O3S/c1-16-10-11-25-22(12-16)26-23(28)14-27-13-21(19-4-2-3-5-20(19)27)31(29,30)15-17-6-8-18(24)9-7-17/h2-13H,14-15H2,1H3,(H,25,26,28). The molecule has 0 saturated heterocycles. The fourth-order valence-corrected chi connectivity index (χ4v) is 4.99. The Hall–Kier alpha value is -3.52. The molecule has 0 radical (unpaired) electrons. The Kier molecular flexibility index (Phi) is 5.56. The number of aryl methyl sites for hydroxylation is 1. The van der Waals surface area contributed by atoms with Crippen molar-refractivity contribution in [2.24, 2.45) is 0 Å². The summed E-state index contributed by atoms with van der Waals surface area (Å²) in [5, 5.41) is 3.27. The number of halogens is 1. The summed E-state index contributed by atoms with van der Waals surface area (Å²) in [6.07, 6.45) is 3.09. The predicted octanol–water partition coefficient (Wildman–Crippen LogP) is 4.10. The molecule has 0 aliphatic heterocycles. The van der Waals surface area contributed by atoms with Crippen LogP contribution in [0.15, 0.2) is 78.0 Å². The summed E-state index contributed by atoms with van der Waals surface area (Å²) in [6.45, 7) is 1.83. The van der Waals surface area contributed by atoms with Crippen molar-refractivity contribution in [3.8, 4) is 0 Å². The molecule has 158 valence electrons. The average Bonchev–Trinajstić information content (AvgIpc) is 3.09. The molecule has 0 spiro atoms. The van der Waals surface area contributed by atoms with E-state index in [1.54, 1.807) is 41.1 Å². The summed E-state index contributed by atoms with van der Waals surface area (Å²) in [4.78, 5) is 16.8. The van der Waals surface area contributed by atoms with Crippen molar-refractivity contribution in [2.45, 2.75) is 24.1 Å². The summed E-state index contributed by atoms with van der Waals surface area (Å²) in [6, 6.07) is 16.0. The van der Waals surface area contributed by atoms with Crippen LogP contribution in [0.4, 0.5) is 10.2 Å². The van der Waals surface area contributed by atoms with E-state index in [0.29, 0.717) is 22.3 Å². The van der Waals surface area contributed by atoms with Crippen LogP contribution in [0.3, 0.4) is 0 Å². The van der Waals surface area contributed by atoms with Crippen molar-refractivity contribution in [1.29, 1.82) is 0 Å². The Morgan fingerprint density at radius 1 is 1.10 bits per heavy atom.